The van der Waals surface area contributed by atoms with E-state index in [4.69, 9.17) is 4.74 Å². The van der Waals surface area contributed by atoms with Crippen LogP contribution < -0.4 is 0 Å². The molecule has 23 heavy (non-hydrogen) atoms. The second kappa shape index (κ2) is 7.20. The van der Waals surface area contributed by atoms with Gasteiger partial charge in [-0.05, 0) is 38.3 Å². The molecule has 0 aliphatic carbocycles. The van der Waals surface area contributed by atoms with Crippen LogP contribution in [-0.2, 0) is 16.5 Å². The molecule has 2 rings (SSSR count). The lowest BCUT2D eigenvalue weighted by Crippen LogP contribution is -2.45. The summed E-state index contributed by atoms with van der Waals surface area (Å²) in [6.07, 6.45) is -2.58. The van der Waals surface area contributed by atoms with E-state index in [1.807, 2.05) is 11.8 Å². The number of hydrogen-bond donors (Lipinski definition) is 1. The number of likely N-dealkylation sites (tertiary alicyclic amines) is 1. The second-order valence-electron chi connectivity index (χ2n) is 6.25. The average molecular weight is 331 g/mol. The number of benzene rings is 1. The summed E-state index contributed by atoms with van der Waals surface area (Å²) < 4.78 is 45.0. The lowest BCUT2D eigenvalue weighted by molar-refractivity contribution is -0.141. The molecule has 3 nitrogen and oxygen atoms in total. The number of piperidine rings is 1. The van der Waals surface area contributed by atoms with Crippen LogP contribution >= 0.6 is 0 Å². The molecule has 6 heteroatoms. The number of alkyl halides is 3. The molecule has 1 saturated heterocycles. The van der Waals surface area contributed by atoms with Gasteiger partial charge in [-0.1, -0.05) is 18.2 Å². The number of β-amino-alcohol motifs (C(OH)–C–C–N with tert-alkyl or cyclic N) is 1. The Bertz CT molecular complexity index is 509. The average Bonchev–Trinajstić information content (AvgIpc) is 2.48. The summed E-state index contributed by atoms with van der Waals surface area (Å²) in [5, 5.41) is 10.7. The highest BCUT2D eigenvalue weighted by Gasteiger charge is 2.39. The topological polar surface area (TPSA) is 32.7 Å². The van der Waals surface area contributed by atoms with E-state index in [1.165, 1.54) is 25.1 Å². The number of halogens is 3. The van der Waals surface area contributed by atoms with Crippen molar-refractivity contribution in [2.45, 2.75) is 44.6 Å². The SMILES string of the molecule is CCOC1CCN(C[C@@](C)(O)c2ccccc2C(F)(F)F)CC1. The third kappa shape index (κ3) is 4.68. The molecule has 1 aliphatic heterocycles. The number of nitrogens with zero attached hydrogens (tertiary/aromatic N) is 1. The van der Waals surface area contributed by atoms with Crippen LogP contribution in [0.1, 0.15) is 37.8 Å². The van der Waals surface area contributed by atoms with Gasteiger partial charge in [-0.15, -0.1) is 0 Å². The van der Waals surface area contributed by atoms with Crippen molar-refractivity contribution >= 4 is 0 Å². The van der Waals surface area contributed by atoms with Gasteiger partial charge in [-0.3, -0.25) is 4.90 Å². The fourth-order valence-electron chi connectivity index (χ4n) is 3.19. The zero-order valence-electron chi connectivity index (χ0n) is 13.6. The van der Waals surface area contributed by atoms with Crippen molar-refractivity contribution in [2.24, 2.45) is 0 Å². The Morgan fingerprint density at radius 1 is 1.17 bits per heavy atom. The lowest BCUT2D eigenvalue weighted by Gasteiger charge is -2.37. The molecule has 0 spiro atoms. The van der Waals surface area contributed by atoms with E-state index in [2.05, 4.69) is 0 Å². The van der Waals surface area contributed by atoms with Gasteiger partial charge in [0.15, 0.2) is 0 Å². The molecule has 1 N–H and O–H groups in total. The van der Waals surface area contributed by atoms with Crippen molar-refractivity contribution in [1.29, 1.82) is 0 Å². The van der Waals surface area contributed by atoms with E-state index in [9.17, 15) is 18.3 Å². The Balaban J connectivity index is 2.08. The molecule has 0 bridgehead atoms. The Morgan fingerprint density at radius 3 is 2.26 bits per heavy atom. The molecule has 1 aliphatic rings. The Kier molecular flexibility index (Phi) is 5.70. The molecule has 0 unspecified atom stereocenters. The quantitative estimate of drug-likeness (QED) is 0.897. The van der Waals surface area contributed by atoms with Crippen LogP contribution in [0.2, 0.25) is 0 Å². The monoisotopic (exact) mass is 331 g/mol. The van der Waals surface area contributed by atoms with Crippen LogP contribution in [-0.4, -0.2) is 42.4 Å². The summed E-state index contributed by atoms with van der Waals surface area (Å²) in [4.78, 5) is 2.00. The van der Waals surface area contributed by atoms with Crippen molar-refractivity contribution in [2.75, 3.05) is 26.2 Å². The van der Waals surface area contributed by atoms with Gasteiger partial charge in [0.1, 0.15) is 5.60 Å². The van der Waals surface area contributed by atoms with Crippen LogP contribution in [0.25, 0.3) is 0 Å². The molecule has 0 amide bonds. The summed E-state index contributed by atoms with van der Waals surface area (Å²) in [5.74, 6) is 0. The van der Waals surface area contributed by atoms with Crippen LogP contribution in [0.15, 0.2) is 24.3 Å². The smallest absolute Gasteiger partial charge is 0.384 e. The van der Waals surface area contributed by atoms with Crippen molar-refractivity contribution in [1.82, 2.24) is 4.90 Å². The largest absolute Gasteiger partial charge is 0.416 e. The first kappa shape index (κ1) is 18.2. The number of ether oxygens (including phenoxy) is 1. The van der Waals surface area contributed by atoms with Gasteiger partial charge < -0.3 is 9.84 Å². The van der Waals surface area contributed by atoms with E-state index in [1.54, 1.807) is 0 Å². The molecule has 130 valence electrons. The number of rotatable bonds is 5. The van der Waals surface area contributed by atoms with Crippen LogP contribution in [0, 0.1) is 0 Å². The van der Waals surface area contributed by atoms with E-state index in [0.29, 0.717) is 6.61 Å². The van der Waals surface area contributed by atoms with Crippen LogP contribution in [0.4, 0.5) is 13.2 Å². The molecule has 1 heterocycles. The summed E-state index contributed by atoms with van der Waals surface area (Å²) in [7, 11) is 0. The maximum atomic E-state index is 13.2. The third-order valence-corrected chi connectivity index (χ3v) is 4.28. The second-order valence-corrected chi connectivity index (χ2v) is 6.25. The van der Waals surface area contributed by atoms with Crippen molar-refractivity contribution in [3.63, 3.8) is 0 Å². The van der Waals surface area contributed by atoms with E-state index < -0.39 is 17.3 Å². The highest BCUT2D eigenvalue weighted by molar-refractivity contribution is 5.34. The van der Waals surface area contributed by atoms with Gasteiger partial charge in [0.2, 0.25) is 0 Å². The van der Waals surface area contributed by atoms with Crippen molar-refractivity contribution < 1.29 is 23.0 Å². The minimum atomic E-state index is -4.47. The van der Waals surface area contributed by atoms with Gasteiger partial charge in [0.25, 0.3) is 0 Å². The molecular weight excluding hydrogens is 307 g/mol. The molecule has 0 saturated carbocycles. The first-order chi connectivity index (χ1) is 10.7. The van der Waals surface area contributed by atoms with Gasteiger partial charge in [-0.25, -0.2) is 0 Å². The van der Waals surface area contributed by atoms with Crippen LogP contribution in [0.3, 0.4) is 0 Å². The first-order valence-corrected chi connectivity index (χ1v) is 7.97. The van der Waals surface area contributed by atoms with Gasteiger partial charge >= 0.3 is 6.18 Å². The first-order valence-electron chi connectivity index (χ1n) is 7.97. The maximum absolute atomic E-state index is 13.2. The minimum Gasteiger partial charge on any atom is -0.384 e. The Labute approximate surface area is 135 Å². The van der Waals surface area contributed by atoms with E-state index >= 15 is 0 Å². The third-order valence-electron chi connectivity index (χ3n) is 4.28. The normalized spacial score (nSPS) is 20.4. The molecule has 1 aromatic rings. The summed E-state index contributed by atoms with van der Waals surface area (Å²) in [6, 6.07) is 5.25. The minimum absolute atomic E-state index is 0.0700. The predicted octanol–water partition coefficient (Wildman–Crippen LogP) is 3.41. The summed E-state index contributed by atoms with van der Waals surface area (Å²) >= 11 is 0. The fraction of sp³-hybridized carbons (Fsp3) is 0.647. The Morgan fingerprint density at radius 2 is 1.74 bits per heavy atom. The molecular formula is C17H24F3NO2. The maximum Gasteiger partial charge on any atom is 0.416 e. The highest BCUT2D eigenvalue weighted by atomic mass is 19.4. The number of hydrogen-bond acceptors (Lipinski definition) is 3. The summed E-state index contributed by atoms with van der Waals surface area (Å²) in [5.41, 5.74) is -2.39. The zero-order valence-corrected chi connectivity index (χ0v) is 13.6. The van der Waals surface area contributed by atoms with Gasteiger partial charge in [-0.2, -0.15) is 13.2 Å². The number of aliphatic hydroxyl groups is 1. The predicted molar refractivity (Wildman–Crippen MR) is 82.1 cm³/mol. The van der Waals surface area contributed by atoms with E-state index in [0.717, 1.165) is 32.0 Å². The van der Waals surface area contributed by atoms with Gasteiger partial charge in [0, 0.05) is 26.2 Å². The van der Waals surface area contributed by atoms with Gasteiger partial charge in [0.05, 0.1) is 11.7 Å². The lowest BCUT2D eigenvalue weighted by atomic mass is 9.90. The molecule has 1 atom stereocenters. The van der Waals surface area contributed by atoms with Crippen molar-refractivity contribution in [3.8, 4) is 0 Å². The van der Waals surface area contributed by atoms with E-state index in [-0.39, 0.29) is 18.2 Å². The zero-order chi connectivity index (χ0) is 17.1. The fourth-order valence-corrected chi connectivity index (χ4v) is 3.19. The van der Waals surface area contributed by atoms with Crippen molar-refractivity contribution in [3.05, 3.63) is 35.4 Å². The standard InChI is InChI=1S/C17H24F3NO2/c1-3-23-13-8-10-21(11-9-13)12-16(2,22)14-6-4-5-7-15(14)17(18,19)20/h4-7,13,22H,3,8-12H2,1-2H3/t16-/m1/s1. The highest BCUT2D eigenvalue weighted by Crippen LogP contribution is 2.37. The molecule has 1 fully saturated rings. The van der Waals surface area contributed by atoms with Crippen LogP contribution in [0.5, 0.6) is 0 Å². The molecule has 1 aromatic carbocycles. The Hall–Kier alpha value is -1.11. The summed E-state index contributed by atoms with van der Waals surface area (Å²) in [6.45, 7) is 5.68. The molecule has 0 aromatic heterocycles. The molecule has 0 radical (unpaired) electrons.